The summed E-state index contributed by atoms with van der Waals surface area (Å²) in [6.45, 7) is 8.35. The second kappa shape index (κ2) is 10.7. The third-order valence-electron chi connectivity index (χ3n) is 6.33. The Hall–Kier alpha value is -2.77. The van der Waals surface area contributed by atoms with Gasteiger partial charge in [-0.2, -0.15) is 4.31 Å². The molecule has 4 rings (SSSR count). The molecule has 1 fully saturated rings. The Morgan fingerprint density at radius 2 is 1.56 bits per heavy atom. The molecule has 0 spiro atoms. The molecule has 6 nitrogen and oxygen atoms in total. The van der Waals surface area contributed by atoms with Crippen molar-refractivity contribution in [2.24, 2.45) is 0 Å². The number of anilines is 1. The van der Waals surface area contributed by atoms with Crippen LogP contribution in [0.1, 0.15) is 42.7 Å². The average molecular weight is 479 g/mol. The van der Waals surface area contributed by atoms with Crippen LogP contribution >= 0.6 is 0 Å². The third kappa shape index (κ3) is 5.47. The first-order valence-electron chi connectivity index (χ1n) is 12.1. The van der Waals surface area contributed by atoms with E-state index in [0.717, 1.165) is 41.3 Å². The zero-order valence-electron chi connectivity index (χ0n) is 20.4. The predicted octanol–water partition coefficient (Wildman–Crippen LogP) is 4.47. The minimum atomic E-state index is -3.19. The van der Waals surface area contributed by atoms with E-state index in [1.807, 2.05) is 37.3 Å². The molecular formula is C27H34N4O2S. The Balaban J connectivity index is 1.72. The second-order valence-electron chi connectivity index (χ2n) is 8.88. The first-order chi connectivity index (χ1) is 16.4. The van der Waals surface area contributed by atoms with E-state index in [2.05, 4.69) is 43.0 Å². The van der Waals surface area contributed by atoms with E-state index in [1.165, 1.54) is 11.1 Å². The first-order valence-corrected chi connectivity index (χ1v) is 13.8. The highest BCUT2D eigenvalue weighted by atomic mass is 32.2. The van der Waals surface area contributed by atoms with Crippen molar-refractivity contribution >= 4 is 15.8 Å². The number of nitrogens with zero attached hydrogens (tertiary/aromatic N) is 4. The maximum absolute atomic E-state index is 12.6. The van der Waals surface area contributed by atoms with Gasteiger partial charge in [-0.25, -0.2) is 18.4 Å². The summed E-state index contributed by atoms with van der Waals surface area (Å²) in [6, 6.07) is 18.7. The van der Waals surface area contributed by atoms with Gasteiger partial charge in [0, 0.05) is 49.4 Å². The standard InChI is InChI=1S/C27H34N4O2S/c1-4-19-34(32,33)31-17-15-30(16-18-31)27-24(20-22-13-11-21(3)12-14-22)25(5-2)28-26(29-27)23-9-7-6-8-10-23/h6-14H,4-5,15-20H2,1-3H3. The molecule has 0 N–H and O–H groups in total. The van der Waals surface area contributed by atoms with Gasteiger partial charge >= 0.3 is 0 Å². The maximum atomic E-state index is 12.6. The molecule has 7 heteroatoms. The number of piperazine rings is 1. The fraction of sp³-hybridized carbons (Fsp3) is 0.407. The molecule has 0 unspecified atom stereocenters. The fourth-order valence-corrected chi connectivity index (χ4v) is 5.94. The van der Waals surface area contributed by atoms with E-state index in [1.54, 1.807) is 4.31 Å². The Labute approximate surface area is 203 Å². The van der Waals surface area contributed by atoms with Gasteiger partial charge in [-0.1, -0.05) is 74.0 Å². The minimum absolute atomic E-state index is 0.206. The van der Waals surface area contributed by atoms with Crippen LogP contribution in [0.25, 0.3) is 11.4 Å². The largest absolute Gasteiger partial charge is 0.354 e. The molecule has 0 bridgehead atoms. The highest BCUT2D eigenvalue weighted by Crippen LogP contribution is 2.29. The monoisotopic (exact) mass is 478 g/mol. The van der Waals surface area contributed by atoms with Crippen molar-refractivity contribution in [3.05, 3.63) is 77.0 Å². The lowest BCUT2D eigenvalue weighted by molar-refractivity contribution is 0.383. The van der Waals surface area contributed by atoms with Crippen LogP contribution in [0, 0.1) is 6.92 Å². The Morgan fingerprint density at radius 3 is 2.18 bits per heavy atom. The summed E-state index contributed by atoms with van der Waals surface area (Å²) >= 11 is 0. The van der Waals surface area contributed by atoms with Gasteiger partial charge in [0.05, 0.1) is 5.75 Å². The molecule has 0 atom stereocenters. The molecule has 1 saturated heterocycles. The fourth-order valence-electron chi connectivity index (χ4n) is 4.44. The highest BCUT2D eigenvalue weighted by Gasteiger charge is 2.29. The summed E-state index contributed by atoms with van der Waals surface area (Å²) in [6.07, 6.45) is 2.19. The van der Waals surface area contributed by atoms with E-state index in [-0.39, 0.29) is 5.75 Å². The summed E-state index contributed by atoms with van der Waals surface area (Å²) in [7, 11) is -3.19. The van der Waals surface area contributed by atoms with E-state index < -0.39 is 10.0 Å². The molecule has 1 aromatic heterocycles. The van der Waals surface area contributed by atoms with Gasteiger partial charge in [-0.15, -0.1) is 0 Å². The van der Waals surface area contributed by atoms with Gasteiger partial charge in [0.1, 0.15) is 5.82 Å². The molecule has 0 radical (unpaired) electrons. The van der Waals surface area contributed by atoms with Crippen molar-refractivity contribution in [1.29, 1.82) is 0 Å². The van der Waals surface area contributed by atoms with E-state index >= 15 is 0 Å². The lowest BCUT2D eigenvalue weighted by atomic mass is 10.0. The van der Waals surface area contributed by atoms with E-state index in [4.69, 9.17) is 9.97 Å². The number of aryl methyl sites for hydroxylation is 2. The molecule has 2 heterocycles. The average Bonchev–Trinajstić information content (AvgIpc) is 2.86. The molecule has 0 saturated carbocycles. The number of sulfonamides is 1. The molecule has 1 aliphatic rings. The molecule has 34 heavy (non-hydrogen) atoms. The Morgan fingerprint density at radius 1 is 0.882 bits per heavy atom. The quantitative estimate of drug-likeness (QED) is 0.478. The molecule has 0 aliphatic carbocycles. The van der Waals surface area contributed by atoms with Gasteiger partial charge in [0.2, 0.25) is 10.0 Å². The zero-order valence-corrected chi connectivity index (χ0v) is 21.2. The van der Waals surface area contributed by atoms with Crippen LogP contribution in [0.15, 0.2) is 54.6 Å². The number of hydrogen-bond donors (Lipinski definition) is 0. The first kappa shape index (κ1) is 24.4. The maximum Gasteiger partial charge on any atom is 0.214 e. The van der Waals surface area contributed by atoms with Gasteiger partial charge in [-0.05, 0) is 25.3 Å². The smallest absolute Gasteiger partial charge is 0.214 e. The van der Waals surface area contributed by atoms with Crippen LogP contribution in [-0.4, -0.2) is 54.6 Å². The van der Waals surface area contributed by atoms with E-state index in [0.29, 0.717) is 32.6 Å². The molecule has 2 aromatic carbocycles. The number of aromatic nitrogens is 2. The van der Waals surface area contributed by atoms with Gasteiger partial charge < -0.3 is 4.90 Å². The van der Waals surface area contributed by atoms with Crippen LogP contribution in [0.4, 0.5) is 5.82 Å². The predicted molar refractivity (Wildman–Crippen MR) is 139 cm³/mol. The highest BCUT2D eigenvalue weighted by molar-refractivity contribution is 7.89. The summed E-state index contributed by atoms with van der Waals surface area (Å²) in [4.78, 5) is 12.3. The molecule has 1 aliphatic heterocycles. The van der Waals surface area contributed by atoms with Crippen molar-refractivity contribution in [1.82, 2.24) is 14.3 Å². The minimum Gasteiger partial charge on any atom is -0.354 e. The van der Waals surface area contributed by atoms with Crippen molar-refractivity contribution in [2.45, 2.75) is 40.0 Å². The van der Waals surface area contributed by atoms with Crippen molar-refractivity contribution < 1.29 is 8.42 Å². The molecular weight excluding hydrogens is 444 g/mol. The number of hydrogen-bond acceptors (Lipinski definition) is 5. The summed E-state index contributed by atoms with van der Waals surface area (Å²) in [5.41, 5.74) is 5.63. The van der Waals surface area contributed by atoms with Gasteiger partial charge in [-0.3, -0.25) is 0 Å². The van der Waals surface area contributed by atoms with Crippen LogP contribution in [0.3, 0.4) is 0 Å². The van der Waals surface area contributed by atoms with E-state index in [9.17, 15) is 8.42 Å². The molecule has 0 amide bonds. The SMILES string of the molecule is CCCS(=O)(=O)N1CCN(c2nc(-c3ccccc3)nc(CC)c2Cc2ccc(C)cc2)CC1. The van der Waals surface area contributed by atoms with Crippen molar-refractivity contribution in [2.75, 3.05) is 36.8 Å². The van der Waals surface area contributed by atoms with Gasteiger partial charge in [0.25, 0.3) is 0 Å². The van der Waals surface area contributed by atoms with Crippen LogP contribution in [-0.2, 0) is 22.9 Å². The third-order valence-corrected chi connectivity index (χ3v) is 8.41. The van der Waals surface area contributed by atoms with Gasteiger partial charge in [0.15, 0.2) is 5.82 Å². The van der Waals surface area contributed by atoms with Crippen molar-refractivity contribution in [3.63, 3.8) is 0 Å². The summed E-state index contributed by atoms with van der Waals surface area (Å²) < 4.78 is 26.8. The second-order valence-corrected chi connectivity index (χ2v) is 11.0. The summed E-state index contributed by atoms with van der Waals surface area (Å²) in [5.74, 6) is 1.86. The topological polar surface area (TPSA) is 66.4 Å². The normalized spacial score (nSPS) is 15.0. The van der Waals surface area contributed by atoms with Crippen LogP contribution in [0.5, 0.6) is 0 Å². The van der Waals surface area contributed by atoms with Crippen LogP contribution < -0.4 is 4.90 Å². The molecule has 3 aromatic rings. The van der Waals surface area contributed by atoms with Crippen molar-refractivity contribution in [3.8, 4) is 11.4 Å². The number of rotatable bonds is 8. The Bertz CT molecular complexity index is 1200. The zero-order chi connectivity index (χ0) is 24.1. The molecule has 180 valence electrons. The number of benzene rings is 2. The lowest BCUT2D eigenvalue weighted by Gasteiger charge is -2.36. The lowest BCUT2D eigenvalue weighted by Crippen LogP contribution is -2.49. The van der Waals surface area contributed by atoms with Crippen LogP contribution in [0.2, 0.25) is 0 Å². The summed E-state index contributed by atoms with van der Waals surface area (Å²) in [5, 5.41) is 0. The Kier molecular flexibility index (Phi) is 7.63.